The molecule has 0 spiro atoms. The van der Waals surface area contributed by atoms with Crippen molar-refractivity contribution in [3.05, 3.63) is 23.8 Å². The molecule has 6 heteroatoms. The number of rotatable bonds is 2. The lowest BCUT2D eigenvalue weighted by Crippen LogP contribution is -2.36. The Morgan fingerprint density at radius 1 is 1.26 bits per heavy atom. The Kier molecular flexibility index (Phi) is 5.13. The zero-order chi connectivity index (χ0) is 17.0. The van der Waals surface area contributed by atoms with Crippen molar-refractivity contribution in [1.29, 1.82) is 0 Å². The molecule has 0 saturated heterocycles. The highest BCUT2D eigenvalue weighted by Gasteiger charge is 2.25. The number of fused-ring (bicyclic) bond motifs is 1. The summed E-state index contributed by atoms with van der Waals surface area (Å²) in [4.78, 5) is 25.4. The standard InChI is InChI=1S/C17H23NO5/c1-5-21-15(19)18-10-6-7-12-8-9-13(11-14(12)18)22-16(20)23-17(2,3)4/h8-9,11H,5-7,10H2,1-4H3. The van der Waals surface area contributed by atoms with E-state index in [0.717, 1.165) is 24.1 Å². The quantitative estimate of drug-likeness (QED) is 0.610. The lowest BCUT2D eigenvalue weighted by Gasteiger charge is -2.29. The molecule has 0 atom stereocenters. The van der Waals surface area contributed by atoms with Crippen LogP contribution in [0, 0.1) is 0 Å². The molecular weight excluding hydrogens is 298 g/mol. The topological polar surface area (TPSA) is 65.1 Å². The van der Waals surface area contributed by atoms with Crippen molar-refractivity contribution in [3.63, 3.8) is 0 Å². The second-order valence-electron chi connectivity index (χ2n) is 6.31. The van der Waals surface area contributed by atoms with E-state index in [9.17, 15) is 9.59 Å². The third kappa shape index (κ3) is 4.61. The molecule has 1 aromatic carbocycles. The fourth-order valence-corrected chi connectivity index (χ4v) is 2.38. The zero-order valence-corrected chi connectivity index (χ0v) is 14.0. The number of hydrogen-bond donors (Lipinski definition) is 0. The maximum atomic E-state index is 12.1. The number of amides is 1. The first-order chi connectivity index (χ1) is 10.8. The molecule has 2 rings (SSSR count). The predicted octanol–water partition coefficient (Wildman–Crippen LogP) is 3.91. The van der Waals surface area contributed by atoms with Crippen molar-refractivity contribution >= 4 is 17.9 Å². The van der Waals surface area contributed by atoms with Crippen molar-refractivity contribution in [2.45, 2.75) is 46.1 Å². The summed E-state index contributed by atoms with van der Waals surface area (Å²) in [7, 11) is 0. The van der Waals surface area contributed by atoms with Crippen LogP contribution < -0.4 is 9.64 Å². The van der Waals surface area contributed by atoms with Gasteiger partial charge in [0.15, 0.2) is 0 Å². The fourth-order valence-electron chi connectivity index (χ4n) is 2.38. The molecule has 0 radical (unpaired) electrons. The molecule has 6 nitrogen and oxygen atoms in total. The van der Waals surface area contributed by atoms with Gasteiger partial charge in [-0.05, 0) is 52.2 Å². The molecule has 0 aliphatic carbocycles. The Hall–Kier alpha value is -2.24. The maximum absolute atomic E-state index is 12.1. The molecule has 1 aliphatic rings. The van der Waals surface area contributed by atoms with Gasteiger partial charge in [0.2, 0.25) is 0 Å². The minimum atomic E-state index is -0.768. The van der Waals surface area contributed by atoms with E-state index in [1.54, 1.807) is 44.7 Å². The average Bonchev–Trinajstić information content (AvgIpc) is 2.44. The van der Waals surface area contributed by atoms with E-state index in [2.05, 4.69) is 0 Å². The van der Waals surface area contributed by atoms with E-state index in [-0.39, 0.29) is 6.09 Å². The zero-order valence-electron chi connectivity index (χ0n) is 14.0. The number of aryl methyl sites for hydroxylation is 1. The molecular formula is C17H23NO5. The number of benzene rings is 1. The Bertz CT molecular complexity index is 591. The Morgan fingerprint density at radius 2 is 2.00 bits per heavy atom. The van der Waals surface area contributed by atoms with Crippen molar-refractivity contribution in [1.82, 2.24) is 0 Å². The van der Waals surface area contributed by atoms with E-state index >= 15 is 0 Å². The highest BCUT2D eigenvalue weighted by Crippen LogP contribution is 2.31. The van der Waals surface area contributed by atoms with Crippen LogP contribution in [0.5, 0.6) is 5.75 Å². The first kappa shape index (κ1) is 17.1. The van der Waals surface area contributed by atoms with Gasteiger partial charge in [-0.2, -0.15) is 0 Å². The largest absolute Gasteiger partial charge is 0.514 e. The summed E-state index contributed by atoms with van der Waals surface area (Å²) in [6.45, 7) is 7.97. The molecule has 126 valence electrons. The fraction of sp³-hybridized carbons (Fsp3) is 0.529. The molecule has 0 saturated carbocycles. The smallest absolute Gasteiger partial charge is 0.449 e. The lowest BCUT2D eigenvalue weighted by molar-refractivity contribution is 0.0206. The van der Waals surface area contributed by atoms with Crippen LogP contribution in [-0.2, 0) is 15.9 Å². The normalized spacial score (nSPS) is 14.0. The summed E-state index contributed by atoms with van der Waals surface area (Å²) in [6.07, 6.45) is 0.592. The number of nitrogens with zero attached hydrogens (tertiary/aromatic N) is 1. The average molecular weight is 321 g/mol. The van der Waals surface area contributed by atoms with Crippen LogP contribution in [0.3, 0.4) is 0 Å². The van der Waals surface area contributed by atoms with Gasteiger partial charge in [0, 0.05) is 12.6 Å². The van der Waals surface area contributed by atoms with E-state index in [0.29, 0.717) is 18.9 Å². The summed E-state index contributed by atoms with van der Waals surface area (Å²) in [5, 5.41) is 0. The number of carbonyl (C=O) groups excluding carboxylic acids is 2. The summed E-state index contributed by atoms with van der Waals surface area (Å²) in [5.41, 5.74) is 1.12. The molecule has 0 bridgehead atoms. The van der Waals surface area contributed by atoms with Crippen LogP contribution in [0.4, 0.5) is 15.3 Å². The third-order valence-corrected chi connectivity index (χ3v) is 3.25. The van der Waals surface area contributed by atoms with Gasteiger partial charge in [0.25, 0.3) is 0 Å². The molecule has 1 aromatic rings. The minimum absolute atomic E-state index is 0.318. The minimum Gasteiger partial charge on any atom is -0.449 e. The van der Waals surface area contributed by atoms with E-state index in [4.69, 9.17) is 14.2 Å². The lowest BCUT2D eigenvalue weighted by atomic mass is 10.0. The number of carbonyl (C=O) groups is 2. The molecule has 0 N–H and O–H groups in total. The summed E-state index contributed by atoms with van der Waals surface area (Å²) in [5.74, 6) is 0.342. The summed E-state index contributed by atoms with van der Waals surface area (Å²) >= 11 is 0. The maximum Gasteiger partial charge on any atom is 0.514 e. The molecule has 0 aromatic heterocycles. The number of anilines is 1. The van der Waals surface area contributed by atoms with Gasteiger partial charge < -0.3 is 14.2 Å². The summed E-state index contributed by atoms with van der Waals surface area (Å²) < 4.78 is 15.4. The van der Waals surface area contributed by atoms with Crippen LogP contribution in [0.1, 0.15) is 39.7 Å². The third-order valence-electron chi connectivity index (χ3n) is 3.25. The van der Waals surface area contributed by atoms with Crippen LogP contribution in [0.2, 0.25) is 0 Å². The molecule has 0 fully saturated rings. The number of hydrogen-bond acceptors (Lipinski definition) is 5. The predicted molar refractivity (Wildman–Crippen MR) is 86.0 cm³/mol. The first-order valence-corrected chi connectivity index (χ1v) is 7.78. The number of ether oxygens (including phenoxy) is 3. The van der Waals surface area contributed by atoms with Gasteiger partial charge in [0.1, 0.15) is 11.4 Å². The van der Waals surface area contributed by atoms with Crippen LogP contribution in [0.15, 0.2) is 18.2 Å². The van der Waals surface area contributed by atoms with Gasteiger partial charge >= 0.3 is 12.2 Å². The van der Waals surface area contributed by atoms with Gasteiger partial charge in [-0.25, -0.2) is 9.59 Å². The highest BCUT2D eigenvalue weighted by atomic mass is 16.7. The molecule has 0 unspecified atom stereocenters. The van der Waals surface area contributed by atoms with Crippen molar-refractivity contribution in [2.75, 3.05) is 18.1 Å². The van der Waals surface area contributed by atoms with Crippen molar-refractivity contribution < 1.29 is 23.8 Å². The molecule has 1 amide bonds. The summed E-state index contributed by atoms with van der Waals surface area (Å²) in [6, 6.07) is 5.24. The van der Waals surface area contributed by atoms with Gasteiger partial charge in [-0.1, -0.05) is 6.07 Å². The Morgan fingerprint density at radius 3 is 2.65 bits per heavy atom. The van der Waals surface area contributed by atoms with Gasteiger partial charge in [0.05, 0.1) is 12.3 Å². The Labute approximate surface area is 136 Å². The van der Waals surface area contributed by atoms with Crippen molar-refractivity contribution in [3.8, 4) is 5.75 Å². The van der Waals surface area contributed by atoms with Crippen LogP contribution in [0.25, 0.3) is 0 Å². The highest BCUT2D eigenvalue weighted by molar-refractivity contribution is 5.89. The second-order valence-corrected chi connectivity index (χ2v) is 6.31. The van der Waals surface area contributed by atoms with Crippen LogP contribution >= 0.6 is 0 Å². The molecule has 1 heterocycles. The van der Waals surface area contributed by atoms with Gasteiger partial charge in [-0.3, -0.25) is 4.90 Å². The monoisotopic (exact) mass is 321 g/mol. The SMILES string of the molecule is CCOC(=O)N1CCCc2ccc(OC(=O)OC(C)(C)C)cc21. The van der Waals surface area contributed by atoms with Crippen LogP contribution in [-0.4, -0.2) is 31.0 Å². The first-order valence-electron chi connectivity index (χ1n) is 7.78. The van der Waals surface area contributed by atoms with Gasteiger partial charge in [-0.15, -0.1) is 0 Å². The van der Waals surface area contributed by atoms with E-state index < -0.39 is 11.8 Å². The molecule has 23 heavy (non-hydrogen) atoms. The van der Waals surface area contributed by atoms with E-state index in [1.165, 1.54) is 0 Å². The van der Waals surface area contributed by atoms with E-state index in [1.807, 2.05) is 6.07 Å². The second kappa shape index (κ2) is 6.89. The Balaban J connectivity index is 2.18. The molecule has 1 aliphatic heterocycles. The van der Waals surface area contributed by atoms with Crippen molar-refractivity contribution in [2.24, 2.45) is 0 Å².